The lowest BCUT2D eigenvalue weighted by molar-refractivity contribution is -0.274. The Hall–Kier alpha value is -2.59. The fourth-order valence-corrected chi connectivity index (χ4v) is 2.58. The maximum atomic E-state index is 12.1. The first-order valence-corrected chi connectivity index (χ1v) is 8.30. The lowest BCUT2D eigenvalue weighted by Crippen LogP contribution is -2.18. The van der Waals surface area contributed by atoms with Crippen LogP contribution in [0.3, 0.4) is 0 Å². The standard InChI is InChI=1S/C15H13F3N2O4S/c1-19-25(22,23)13-8-4-11(5-9-13)20-14(21)10-2-6-12(7-3-10)24-15(16,17)18/h2-9,19H,1H3,(H,20,21). The highest BCUT2D eigenvalue weighted by Gasteiger charge is 2.31. The molecule has 0 aliphatic rings. The fraction of sp³-hybridized carbons (Fsp3) is 0.133. The molecule has 0 atom stereocenters. The van der Waals surface area contributed by atoms with Crippen molar-refractivity contribution in [3.63, 3.8) is 0 Å². The van der Waals surface area contributed by atoms with Gasteiger partial charge in [0.2, 0.25) is 10.0 Å². The van der Waals surface area contributed by atoms with Gasteiger partial charge in [-0.2, -0.15) is 0 Å². The largest absolute Gasteiger partial charge is 0.573 e. The summed E-state index contributed by atoms with van der Waals surface area (Å²) in [5, 5.41) is 2.51. The van der Waals surface area contributed by atoms with Crippen LogP contribution in [0.25, 0.3) is 0 Å². The topological polar surface area (TPSA) is 84.5 Å². The molecule has 0 spiro atoms. The predicted octanol–water partition coefficient (Wildman–Crippen LogP) is 2.75. The van der Waals surface area contributed by atoms with Crippen molar-refractivity contribution >= 4 is 21.6 Å². The van der Waals surface area contributed by atoms with Crippen LogP contribution in [0, 0.1) is 0 Å². The number of sulfonamides is 1. The fourth-order valence-electron chi connectivity index (χ4n) is 1.85. The zero-order chi connectivity index (χ0) is 18.7. The van der Waals surface area contributed by atoms with Gasteiger partial charge in [0, 0.05) is 11.3 Å². The molecule has 0 unspecified atom stereocenters. The number of anilines is 1. The summed E-state index contributed by atoms with van der Waals surface area (Å²) in [7, 11) is -2.31. The summed E-state index contributed by atoms with van der Waals surface area (Å²) in [6.07, 6.45) is -4.81. The van der Waals surface area contributed by atoms with Gasteiger partial charge in [0.1, 0.15) is 5.75 Å². The highest BCUT2D eigenvalue weighted by atomic mass is 32.2. The molecule has 1 amide bonds. The van der Waals surface area contributed by atoms with Crippen LogP contribution in [-0.4, -0.2) is 27.7 Å². The molecule has 6 nitrogen and oxygen atoms in total. The summed E-state index contributed by atoms with van der Waals surface area (Å²) < 4.78 is 65.3. The molecule has 2 aromatic carbocycles. The van der Waals surface area contributed by atoms with Crippen molar-refractivity contribution < 1.29 is 31.1 Å². The number of carbonyl (C=O) groups is 1. The first kappa shape index (κ1) is 18.7. The summed E-state index contributed by atoms with van der Waals surface area (Å²) in [6, 6.07) is 9.79. The van der Waals surface area contributed by atoms with E-state index in [9.17, 15) is 26.4 Å². The van der Waals surface area contributed by atoms with Crippen LogP contribution in [0.5, 0.6) is 5.75 Å². The average molecular weight is 374 g/mol. The molecule has 10 heteroatoms. The summed E-state index contributed by atoms with van der Waals surface area (Å²) in [5.74, 6) is -1.01. The minimum absolute atomic E-state index is 0.0293. The van der Waals surface area contributed by atoms with Crippen molar-refractivity contribution in [3.8, 4) is 5.75 Å². The normalized spacial score (nSPS) is 11.8. The molecular formula is C15H13F3N2O4S. The molecule has 0 aliphatic heterocycles. The van der Waals surface area contributed by atoms with Crippen LogP contribution >= 0.6 is 0 Å². The number of halogens is 3. The van der Waals surface area contributed by atoms with Gasteiger partial charge in [0.05, 0.1) is 4.90 Å². The molecule has 2 N–H and O–H groups in total. The van der Waals surface area contributed by atoms with Gasteiger partial charge < -0.3 is 10.1 Å². The molecule has 0 fully saturated rings. The molecular weight excluding hydrogens is 361 g/mol. The molecule has 0 aliphatic carbocycles. The number of nitrogens with one attached hydrogen (secondary N) is 2. The maximum absolute atomic E-state index is 12.1. The Morgan fingerprint density at radius 1 is 1.00 bits per heavy atom. The number of hydrogen-bond acceptors (Lipinski definition) is 4. The van der Waals surface area contributed by atoms with E-state index in [4.69, 9.17) is 0 Å². The van der Waals surface area contributed by atoms with E-state index < -0.39 is 28.0 Å². The van der Waals surface area contributed by atoms with E-state index in [0.29, 0.717) is 5.69 Å². The van der Waals surface area contributed by atoms with Gasteiger partial charge in [0.15, 0.2) is 0 Å². The van der Waals surface area contributed by atoms with Gasteiger partial charge in [-0.3, -0.25) is 4.79 Å². The maximum Gasteiger partial charge on any atom is 0.573 e. The van der Waals surface area contributed by atoms with Crippen LogP contribution < -0.4 is 14.8 Å². The van der Waals surface area contributed by atoms with Crippen molar-refractivity contribution in [2.45, 2.75) is 11.3 Å². The Bertz CT molecular complexity index is 848. The quantitative estimate of drug-likeness (QED) is 0.843. The number of rotatable bonds is 5. The molecule has 2 aromatic rings. The van der Waals surface area contributed by atoms with E-state index in [1.165, 1.54) is 43.4 Å². The van der Waals surface area contributed by atoms with Gasteiger partial charge in [-0.1, -0.05) is 0 Å². The minimum atomic E-state index is -4.81. The van der Waals surface area contributed by atoms with Crippen LogP contribution in [-0.2, 0) is 10.0 Å². The van der Waals surface area contributed by atoms with E-state index in [1.807, 2.05) is 0 Å². The molecule has 134 valence electrons. The van der Waals surface area contributed by atoms with Crippen LogP contribution in [0.15, 0.2) is 53.4 Å². The predicted molar refractivity (Wildman–Crippen MR) is 83.8 cm³/mol. The third kappa shape index (κ3) is 5.19. The second-order valence-corrected chi connectivity index (χ2v) is 6.64. The average Bonchev–Trinajstić information content (AvgIpc) is 2.54. The first-order chi connectivity index (χ1) is 11.6. The van der Waals surface area contributed by atoms with Crippen LogP contribution in [0.1, 0.15) is 10.4 Å². The number of carbonyl (C=O) groups excluding carboxylic acids is 1. The van der Waals surface area contributed by atoms with E-state index >= 15 is 0 Å². The second kappa shape index (κ2) is 7.11. The number of ether oxygens (including phenoxy) is 1. The third-order valence-corrected chi connectivity index (χ3v) is 4.47. The van der Waals surface area contributed by atoms with Gasteiger partial charge in [0.25, 0.3) is 5.91 Å². The number of benzene rings is 2. The van der Waals surface area contributed by atoms with E-state index in [0.717, 1.165) is 12.1 Å². The highest BCUT2D eigenvalue weighted by Crippen LogP contribution is 2.23. The molecule has 0 radical (unpaired) electrons. The summed E-state index contributed by atoms with van der Waals surface area (Å²) in [5.41, 5.74) is 0.442. The van der Waals surface area contributed by atoms with Crippen molar-refractivity contribution in [1.29, 1.82) is 0 Å². The lowest BCUT2D eigenvalue weighted by Gasteiger charge is -2.10. The molecule has 0 saturated heterocycles. The van der Waals surface area contributed by atoms with Crippen molar-refractivity contribution in [1.82, 2.24) is 4.72 Å². The Morgan fingerprint density at radius 2 is 1.56 bits per heavy atom. The van der Waals surface area contributed by atoms with Crippen LogP contribution in [0.2, 0.25) is 0 Å². The highest BCUT2D eigenvalue weighted by molar-refractivity contribution is 7.89. The zero-order valence-electron chi connectivity index (χ0n) is 12.8. The zero-order valence-corrected chi connectivity index (χ0v) is 13.6. The number of hydrogen-bond donors (Lipinski definition) is 2. The molecule has 25 heavy (non-hydrogen) atoms. The summed E-state index contributed by atoms with van der Waals surface area (Å²) in [6.45, 7) is 0. The lowest BCUT2D eigenvalue weighted by atomic mass is 10.2. The first-order valence-electron chi connectivity index (χ1n) is 6.81. The van der Waals surface area contributed by atoms with Gasteiger partial charge in [-0.25, -0.2) is 13.1 Å². The second-order valence-electron chi connectivity index (χ2n) is 4.76. The Morgan fingerprint density at radius 3 is 2.04 bits per heavy atom. The molecule has 0 aromatic heterocycles. The molecule has 0 heterocycles. The van der Waals surface area contributed by atoms with Crippen molar-refractivity contribution in [2.75, 3.05) is 12.4 Å². The van der Waals surface area contributed by atoms with Crippen molar-refractivity contribution in [2.24, 2.45) is 0 Å². The van der Waals surface area contributed by atoms with E-state index in [-0.39, 0.29) is 10.5 Å². The summed E-state index contributed by atoms with van der Waals surface area (Å²) >= 11 is 0. The van der Waals surface area contributed by atoms with Crippen molar-refractivity contribution in [3.05, 3.63) is 54.1 Å². The van der Waals surface area contributed by atoms with Gasteiger partial charge in [-0.15, -0.1) is 13.2 Å². The molecule has 0 saturated carbocycles. The number of alkyl halides is 3. The molecule has 2 rings (SSSR count). The Labute approximate surface area is 141 Å². The van der Waals surface area contributed by atoms with Gasteiger partial charge >= 0.3 is 6.36 Å². The molecule has 0 bridgehead atoms. The number of amides is 1. The van der Waals surface area contributed by atoms with E-state index in [2.05, 4.69) is 14.8 Å². The summed E-state index contributed by atoms with van der Waals surface area (Å²) in [4.78, 5) is 12.1. The van der Waals surface area contributed by atoms with Crippen LogP contribution in [0.4, 0.5) is 18.9 Å². The monoisotopic (exact) mass is 374 g/mol. The Balaban J connectivity index is 2.07. The van der Waals surface area contributed by atoms with E-state index in [1.54, 1.807) is 0 Å². The van der Waals surface area contributed by atoms with Gasteiger partial charge in [-0.05, 0) is 55.6 Å². The minimum Gasteiger partial charge on any atom is -0.406 e. The third-order valence-electron chi connectivity index (χ3n) is 3.04. The Kier molecular flexibility index (Phi) is 5.33. The smallest absolute Gasteiger partial charge is 0.406 e. The SMILES string of the molecule is CNS(=O)(=O)c1ccc(NC(=O)c2ccc(OC(F)(F)F)cc2)cc1.